The number of amides is 1. The number of aromatic nitrogens is 1. The maximum atomic E-state index is 14.5. The second-order valence-electron chi connectivity index (χ2n) is 8.62. The third kappa shape index (κ3) is 5.39. The van der Waals surface area contributed by atoms with Crippen LogP contribution in [0.4, 0.5) is 33.7 Å². The molecule has 0 unspecified atom stereocenters. The molecular formula is C22H24F5N3O3. The van der Waals surface area contributed by atoms with Crippen LogP contribution in [0.15, 0.2) is 16.5 Å². The van der Waals surface area contributed by atoms with E-state index in [-0.39, 0.29) is 23.7 Å². The highest BCUT2D eigenvalue weighted by atomic mass is 19.4. The summed E-state index contributed by atoms with van der Waals surface area (Å²) < 4.78 is 78.5. The van der Waals surface area contributed by atoms with Gasteiger partial charge in [0.25, 0.3) is 11.9 Å². The number of alkyl halides is 3. The van der Waals surface area contributed by atoms with Gasteiger partial charge in [-0.25, -0.2) is 8.78 Å². The van der Waals surface area contributed by atoms with Gasteiger partial charge in [-0.05, 0) is 32.1 Å². The molecule has 1 aromatic carbocycles. The number of halogens is 5. The fourth-order valence-corrected chi connectivity index (χ4v) is 3.82. The number of nitrogens with one attached hydrogen (secondary N) is 1. The van der Waals surface area contributed by atoms with E-state index < -0.39 is 47.3 Å². The van der Waals surface area contributed by atoms with Gasteiger partial charge in [0.1, 0.15) is 12.2 Å². The first-order chi connectivity index (χ1) is 15.6. The topological polar surface area (TPSA) is 67.6 Å². The summed E-state index contributed by atoms with van der Waals surface area (Å²) in [6, 6.07) is 1.63. The molecule has 2 aliphatic rings. The van der Waals surface area contributed by atoms with Crippen LogP contribution in [0.2, 0.25) is 0 Å². The molecule has 2 aromatic rings. The third-order valence-electron chi connectivity index (χ3n) is 6.12. The number of carbonyl (C=O) groups is 1. The monoisotopic (exact) mass is 473 g/mol. The molecule has 1 aliphatic carbocycles. The zero-order chi connectivity index (χ0) is 23.8. The van der Waals surface area contributed by atoms with E-state index >= 15 is 0 Å². The Kier molecular flexibility index (Phi) is 6.24. The van der Waals surface area contributed by atoms with Crippen LogP contribution >= 0.6 is 0 Å². The standard InChI is InChI=1S/C22H24F5N3O3/c1-2-21(5-6-21)12-32-18-14(23)9-13(10-15(18)24)28-19(31)17-16(11-22(25,26)27)33-20(29-17)30-7-3-4-8-30/h9-10H,2-8,11-12H2,1H3,(H,28,31). The van der Waals surface area contributed by atoms with E-state index in [9.17, 15) is 26.7 Å². The van der Waals surface area contributed by atoms with Gasteiger partial charge in [0.2, 0.25) is 0 Å². The Hall–Kier alpha value is -2.85. The molecule has 6 nitrogen and oxygen atoms in total. The van der Waals surface area contributed by atoms with Gasteiger partial charge < -0.3 is 19.4 Å². The van der Waals surface area contributed by atoms with Gasteiger partial charge in [-0.3, -0.25) is 4.79 Å². The highest BCUT2D eigenvalue weighted by Gasteiger charge is 2.42. The van der Waals surface area contributed by atoms with E-state index in [1.807, 2.05) is 6.92 Å². The Balaban J connectivity index is 1.52. The van der Waals surface area contributed by atoms with Crippen LogP contribution in [0, 0.1) is 17.0 Å². The summed E-state index contributed by atoms with van der Waals surface area (Å²) in [5.74, 6) is -4.31. The first-order valence-corrected chi connectivity index (χ1v) is 10.8. The van der Waals surface area contributed by atoms with Crippen LogP contribution in [-0.2, 0) is 6.42 Å². The van der Waals surface area contributed by atoms with Crippen molar-refractivity contribution in [1.29, 1.82) is 0 Å². The summed E-state index contributed by atoms with van der Waals surface area (Å²) in [4.78, 5) is 18.3. The Morgan fingerprint density at radius 2 is 1.85 bits per heavy atom. The number of hydrogen-bond acceptors (Lipinski definition) is 5. The molecule has 1 amide bonds. The minimum absolute atomic E-state index is 0.0549. The smallest absolute Gasteiger partial charge is 0.396 e. The number of oxazole rings is 1. The molecular weight excluding hydrogens is 449 g/mol. The molecule has 1 saturated heterocycles. The Bertz CT molecular complexity index is 1000. The molecule has 2 fully saturated rings. The quantitative estimate of drug-likeness (QED) is 0.515. The van der Waals surface area contributed by atoms with Gasteiger partial charge in [-0.1, -0.05) is 6.92 Å². The van der Waals surface area contributed by atoms with E-state index in [1.165, 1.54) is 0 Å². The van der Waals surface area contributed by atoms with Crippen LogP contribution in [0.3, 0.4) is 0 Å². The highest BCUT2D eigenvalue weighted by Crippen LogP contribution is 2.49. The van der Waals surface area contributed by atoms with Crippen LogP contribution in [0.5, 0.6) is 5.75 Å². The summed E-state index contributed by atoms with van der Waals surface area (Å²) in [6.45, 7) is 3.25. The van der Waals surface area contributed by atoms with Crippen molar-refractivity contribution >= 4 is 17.6 Å². The largest absolute Gasteiger partial charge is 0.487 e. The number of carbonyl (C=O) groups excluding carboxylic acids is 1. The van der Waals surface area contributed by atoms with E-state index in [0.717, 1.165) is 44.2 Å². The summed E-state index contributed by atoms with van der Waals surface area (Å²) >= 11 is 0. The van der Waals surface area contributed by atoms with E-state index in [2.05, 4.69) is 10.3 Å². The second kappa shape index (κ2) is 8.83. The zero-order valence-electron chi connectivity index (χ0n) is 18.0. The van der Waals surface area contributed by atoms with Gasteiger partial charge in [0.05, 0.1) is 6.61 Å². The maximum absolute atomic E-state index is 14.5. The number of nitrogens with zero attached hydrogens (tertiary/aromatic N) is 2. The van der Waals surface area contributed by atoms with Crippen LogP contribution < -0.4 is 15.0 Å². The van der Waals surface area contributed by atoms with Gasteiger partial charge in [0, 0.05) is 36.3 Å². The lowest BCUT2D eigenvalue weighted by Gasteiger charge is -2.15. The van der Waals surface area contributed by atoms with Gasteiger partial charge in [-0.15, -0.1) is 0 Å². The van der Waals surface area contributed by atoms with Crippen molar-refractivity contribution in [3.05, 3.63) is 35.2 Å². The van der Waals surface area contributed by atoms with Crippen LogP contribution in [0.25, 0.3) is 0 Å². The molecule has 0 atom stereocenters. The van der Waals surface area contributed by atoms with Crippen molar-refractivity contribution in [3.63, 3.8) is 0 Å². The maximum Gasteiger partial charge on any atom is 0.396 e. The predicted molar refractivity (Wildman–Crippen MR) is 109 cm³/mol. The van der Waals surface area contributed by atoms with Crippen molar-refractivity contribution in [3.8, 4) is 5.75 Å². The van der Waals surface area contributed by atoms with Crippen molar-refractivity contribution in [2.24, 2.45) is 5.41 Å². The number of rotatable bonds is 8. The highest BCUT2D eigenvalue weighted by molar-refractivity contribution is 6.03. The molecule has 4 rings (SSSR count). The molecule has 1 aliphatic heterocycles. The summed E-state index contributed by atoms with van der Waals surface area (Å²) in [5.41, 5.74) is -0.905. The average molecular weight is 473 g/mol. The number of hydrogen-bond donors (Lipinski definition) is 1. The molecule has 0 bridgehead atoms. The summed E-state index contributed by atoms with van der Waals surface area (Å²) in [5, 5.41) is 2.21. The van der Waals surface area contributed by atoms with E-state index in [0.29, 0.717) is 13.1 Å². The molecule has 1 N–H and O–H groups in total. The lowest BCUT2D eigenvalue weighted by molar-refractivity contribution is -0.130. The van der Waals surface area contributed by atoms with Crippen LogP contribution in [0.1, 0.15) is 55.3 Å². The molecule has 1 saturated carbocycles. The molecule has 1 aromatic heterocycles. The lowest BCUT2D eigenvalue weighted by atomic mass is 10.1. The number of anilines is 2. The third-order valence-corrected chi connectivity index (χ3v) is 6.12. The molecule has 2 heterocycles. The average Bonchev–Trinajstić information content (AvgIpc) is 3.10. The van der Waals surface area contributed by atoms with Gasteiger partial charge in [0.15, 0.2) is 23.1 Å². The molecule has 33 heavy (non-hydrogen) atoms. The molecule has 0 radical (unpaired) electrons. The fraction of sp³-hybridized carbons (Fsp3) is 0.545. The van der Waals surface area contributed by atoms with Crippen molar-refractivity contribution < 1.29 is 35.9 Å². The Labute approximate surface area is 187 Å². The molecule has 0 spiro atoms. The molecule has 180 valence electrons. The lowest BCUT2D eigenvalue weighted by Crippen LogP contribution is -2.19. The Morgan fingerprint density at radius 3 is 2.39 bits per heavy atom. The second-order valence-corrected chi connectivity index (χ2v) is 8.62. The summed E-state index contributed by atoms with van der Waals surface area (Å²) in [6.07, 6.45) is -1.79. The van der Waals surface area contributed by atoms with Crippen molar-refractivity contribution in [1.82, 2.24) is 4.98 Å². The van der Waals surface area contributed by atoms with E-state index in [4.69, 9.17) is 9.15 Å². The fourth-order valence-electron chi connectivity index (χ4n) is 3.82. The molecule has 11 heteroatoms. The van der Waals surface area contributed by atoms with Crippen molar-refractivity contribution in [2.45, 2.75) is 51.6 Å². The van der Waals surface area contributed by atoms with E-state index in [1.54, 1.807) is 4.90 Å². The zero-order valence-corrected chi connectivity index (χ0v) is 18.0. The first kappa shape index (κ1) is 23.3. The Morgan fingerprint density at radius 1 is 1.21 bits per heavy atom. The van der Waals surface area contributed by atoms with Crippen molar-refractivity contribution in [2.75, 3.05) is 29.9 Å². The first-order valence-electron chi connectivity index (χ1n) is 10.8. The summed E-state index contributed by atoms with van der Waals surface area (Å²) in [7, 11) is 0. The minimum Gasteiger partial charge on any atom is -0.487 e. The minimum atomic E-state index is -4.63. The van der Waals surface area contributed by atoms with Gasteiger partial charge in [-0.2, -0.15) is 18.2 Å². The van der Waals surface area contributed by atoms with Gasteiger partial charge >= 0.3 is 6.18 Å². The predicted octanol–water partition coefficient (Wildman–Crippen LogP) is 5.48. The number of ether oxygens (including phenoxy) is 1. The van der Waals surface area contributed by atoms with Crippen LogP contribution in [-0.4, -0.2) is 36.8 Å². The SMILES string of the molecule is CCC1(COc2c(F)cc(NC(=O)c3nc(N4CCCC4)oc3CC(F)(F)F)cc2F)CC1. The normalized spacial score (nSPS) is 17.3. The number of benzene rings is 1.